The maximum Gasteiger partial charge on any atom is 0.264 e. The van der Waals surface area contributed by atoms with E-state index in [1.807, 2.05) is 265 Å². The lowest BCUT2D eigenvalue weighted by Crippen LogP contribution is -2.45. The van der Waals surface area contributed by atoms with E-state index in [2.05, 4.69) is 49.9 Å². The highest BCUT2D eigenvalue weighted by molar-refractivity contribution is 6.00. The van der Waals surface area contributed by atoms with Gasteiger partial charge in [0.05, 0.1) is 111 Å². The third kappa shape index (κ3) is 20.8. The molecule has 17 rings (SSSR count). The molecule has 28 nitrogen and oxygen atoms in total. The largest absolute Gasteiger partial charge is 0.391 e. The first-order chi connectivity index (χ1) is 62.2. The van der Waals surface area contributed by atoms with E-state index in [0.717, 1.165) is 75.5 Å². The SMILES string of the molecule is Cc1cc(C(C(=O)N2CC(O)CC2C2=NN(c3ccccc3)C(C)(C)C2)C(C)C)on1.Cc1cc([C@@H](C(=O)N2C[C@H](O)C[C@H]2C2=NN(CC(C)(F)F)C(C)(C)C2)C(C)C)on1.Cc1cc([C@@H](C(=O)N2C[C@H](O)C[C@H]2C2=NOC(c3ccccc3)(c3ccccc3)C2)C(C)C)on1.Cc1cc([C@H](C(=O)N2C[C@H](O)C[C@H]2C2=NOC(c3ccccc3)(c3ccccc3)C2)C(C)C)on1. The molecular formula is C101H126F2N14O14. The van der Waals surface area contributed by atoms with Crippen LogP contribution in [0.15, 0.2) is 215 Å². The summed E-state index contributed by atoms with van der Waals surface area (Å²) in [5, 5.41) is 79.9. The summed E-state index contributed by atoms with van der Waals surface area (Å²) in [7, 11) is 0. The van der Waals surface area contributed by atoms with Crippen molar-refractivity contribution in [2.45, 2.75) is 270 Å². The van der Waals surface area contributed by atoms with Crippen LogP contribution in [0.5, 0.6) is 0 Å². The lowest BCUT2D eigenvalue weighted by atomic mass is 9.81. The van der Waals surface area contributed by atoms with Gasteiger partial charge in [0.2, 0.25) is 23.6 Å². The Hall–Kier alpha value is -11.6. The lowest BCUT2D eigenvalue weighted by molar-refractivity contribution is -0.135. The molecule has 131 heavy (non-hydrogen) atoms. The number of halogens is 2. The van der Waals surface area contributed by atoms with Crippen molar-refractivity contribution in [3.05, 3.63) is 244 Å². The topological polar surface area (TPSA) is 341 Å². The normalized spacial score (nSPS) is 23.3. The molecule has 0 saturated carbocycles. The molecule has 8 aliphatic heterocycles. The number of alkyl halides is 2. The van der Waals surface area contributed by atoms with Crippen molar-refractivity contribution in [1.29, 1.82) is 0 Å². The Morgan fingerprint density at radius 1 is 0.389 bits per heavy atom. The van der Waals surface area contributed by atoms with Crippen molar-refractivity contribution in [3.8, 4) is 0 Å². The Balaban J connectivity index is 0.000000141. The molecule has 30 heteroatoms. The van der Waals surface area contributed by atoms with E-state index in [0.29, 0.717) is 85.9 Å². The van der Waals surface area contributed by atoms with Crippen LogP contribution in [-0.4, -0.2) is 210 Å². The van der Waals surface area contributed by atoms with E-state index in [1.165, 1.54) is 5.01 Å². The van der Waals surface area contributed by atoms with Crippen LogP contribution < -0.4 is 5.01 Å². The van der Waals surface area contributed by atoms with Crippen LogP contribution in [0.4, 0.5) is 14.5 Å². The van der Waals surface area contributed by atoms with Gasteiger partial charge in [0.1, 0.15) is 53.3 Å². The van der Waals surface area contributed by atoms with Gasteiger partial charge in [-0.05, 0) is 91.2 Å². The second-order valence-electron chi connectivity index (χ2n) is 39.2. The average Bonchev–Trinajstić information content (AvgIpc) is 1.61. The number of oxime groups is 2. The van der Waals surface area contributed by atoms with E-state index in [4.69, 9.17) is 32.9 Å². The molecule has 0 aliphatic carbocycles. The maximum atomic E-state index is 13.8. The number of likely N-dealkylation sites (tertiary alicyclic amines) is 4. The van der Waals surface area contributed by atoms with Crippen molar-refractivity contribution in [3.63, 3.8) is 0 Å². The fourth-order valence-corrected chi connectivity index (χ4v) is 19.9. The Labute approximate surface area is 765 Å². The third-order valence-corrected chi connectivity index (χ3v) is 26.2. The Kier molecular flexibility index (Phi) is 28.8. The van der Waals surface area contributed by atoms with E-state index < -0.39 is 83.3 Å². The minimum absolute atomic E-state index is 0.00254. The number of aromatic nitrogens is 4. The van der Waals surface area contributed by atoms with Crippen molar-refractivity contribution >= 4 is 52.2 Å². The van der Waals surface area contributed by atoms with Crippen LogP contribution in [0.2, 0.25) is 0 Å². The molecule has 0 radical (unpaired) electrons. The molecule has 12 atom stereocenters. The quantitative estimate of drug-likeness (QED) is 0.0462. The summed E-state index contributed by atoms with van der Waals surface area (Å²) < 4.78 is 49.1. The number of anilines is 1. The number of hydrazone groups is 2. The highest BCUT2D eigenvalue weighted by Gasteiger charge is 2.54. The number of aliphatic hydroxyl groups is 4. The number of β-amino-alcohol motifs (C(OH)–C–C–N with tert-alkyl or cyclic N) is 4. The Morgan fingerprint density at radius 2 is 0.649 bits per heavy atom. The summed E-state index contributed by atoms with van der Waals surface area (Å²) in [6, 6.07) is 56.1. The second kappa shape index (κ2) is 39.4. The minimum Gasteiger partial charge on any atom is -0.391 e. The second-order valence-corrected chi connectivity index (χ2v) is 39.2. The first-order valence-electron chi connectivity index (χ1n) is 45.8. The van der Waals surface area contributed by atoms with Gasteiger partial charge in [-0.15, -0.1) is 0 Å². The lowest BCUT2D eigenvalue weighted by Gasteiger charge is -2.32. The zero-order valence-electron chi connectivity index (χ0n) is 78.1. The van der Waals surface area contributed by atoms with Crippen LogP contribution in [0.1, 0.15) is 233 Å². The molecule has 4 saturated heterocycles. The van der Waals surface area contributed by atoms with Crippen LogP contribution >= 0.6 is 0 Å². The first-order valence-corrected chi connectivity index (χ1v) is 45.8. The van der Waals surface area contributed by atoms with Crippen molar-refractivity contribution < 1.29 is 76.2 Å². The van der Waals surface area contributed by atoms with E-state index in [-0.39, 0.29) is 90.6 Å². The number of hydrogen-bond donors (Lipinski definition) is 4. The smallest absolute Gasteiger partial charge is 0.264 e. The summed E-state index contributed by atoms with van der Waals surface area (Å²) in [5.41, 5.74) is 8.71. The number of para-hydroxylation sites is 1. The summed E-state index contributed by atoms with van der Waals surface area (Å²) in [5.74, 6) is -3.01. The van der Waals surface area contributed by atoms with Crippen molar-refractivity contribution in [2.75, 3.05) is 37.7 Å². The van der Waals surface area contributed by atoms with Crippen LogP contribution in [0, 0.1) is 51.4 Å². The van der Waals surface area contributed by atoms with Gasteiger partial charge in [-0.25, -0.2) is 8.78 Å². The highest BCUT2D eigenvalue weighted by Crippen LogP contribution is 2.48. The predicted octanol–water partition coefficient (Wildman–Crippen LogP) is 15.7. The number of aliphatic hydroxyl groups excluding tert-OH is 4. The fraction of sp³-hybridized carbons (Fsp3) is 0.505. The number of carbonyl (C=O) groups excluding carboxylic acids is 4. The van der Waals surface area contributed by atoms with Crippen LogP contribution in [-0.2, 0) is 40.1 Å². The van der Waals surface area contributed by atoms with Crippen molar-refractivity contribution in [1.82, 2.24) is 45.2 Å². The number of nitrogens with zero attached hydrogens (tertiary/aromatic N) is 14. The minimum atomic E-state index is -2.88. The molecule has 4 aromatic heterocycles. The highest BCUT2D eigenvalue weighted by atomic mass is 19.3. The van der Waals surface area contributed by atoms with Crippen molar-refractivity contribution in [2.24, 2.45) is 44.2 Å². The zero-order valence-corrected chi connectivity index (χ0v) is 78.1. The van der Waals surface area contributed by atoms with Gasteiger partial charge < -0.3 is 67.8 Å². The van der Waals surface area contributed by atoms with E-state index in [9.17, 15) is 48.4 Å². The summed E-state index contributed by atoms with van der Waals surface area (Å²) in [6.07, 6.45) is 1.38. The van der Waals surface area contributed by atoms with Gasteiger partial charge >= 0.3 is 0 Å². The molecule has 3 unspecified atom stereocenters. The average molecular weight is 1800 g/mol. The fourth-order valence-electron chi connectivity index (χ4n) is 19.9. The molecule has 9 aromatic rings. The molecule has 8 aliphatic rings. The van der Waals surface area contributed by atoms with Gasteiger partial charge in [-0.2, -0.15) is 10.2 Å². The number of rotatable bonds is 23. The van der Waals surface area contributed by atoms with Gasteiger partial charge in [0.25, 0.3) is 5.92 Å². The molecule has 4 N–H and O–H groups in total. The molecule has 4 fully saturated rings. The third-order valence-electron chi connectivity index (χ3n) is 26.2. The number of amides is 4. The summed E-state index contributed by atoms with van der Waals surface area (Å²) in [4.78, 5) is 74.3. The van der Waals surface area contributed by atoms with Crippen LogP contribution in [0.3, 0.4) is 0 Å². The number of aryl methyl sites for hydroxylation is 4. The molecule has 698 valence electrons. The molecule has 5 aromatic carbocycles. The van der Waals surface area contributed by atoms with E-state index in [1.54, 1.807) is 32.6 Å². The Morgan fingerprint density at radius 3 is 0.908 bits per heavy atom. The molecular weight excluding hydrogens is 1670 g/mol. The standard InChI is InChI=1S/2C28H31N3O4.C24H32N4O3.C21H32F2N4O3/c2*1-18(2)26(25-14-19(3)29-34-25)27(33)31-17-22(32)15-24(31)23-16-28(35-30-23,20-10-6-4-7-11-20)21-12-8-5-9-13-21;1-15(2)22(21-11-16(3)26-31-21)23(30)27-14-18(29)12-20(27)19-13-24(4,5)28(25-19)17-9-7-6-8-10-17;1-12(2)18(17-7-13(3)25-30-17)19(29)26-10-14(28)8-16(26)15-9-20(4,5)27(24-15)11-21(6,22)23/h2*4-14,18,22,24,26,32H,15-17H2,1-3H3;6-11,15,18,20,22,29H,12-14H2,1-5H3;7,12,14,16,18,28H,8-11H2,1-6H3/t22-,24+,26+;22-,24+,26-;;14-,16+,18+/m11.1/s1. The summed E-state index contributed by atoms with van der Waals surface area (Å²) in [6.45, 7) is 32.6. The van der Waals surface area contributed by atoms with Crippen LogP contribution in [0.25, 0.3) is 0 Å². The molecule has 0 bridgehead atoms. The first kappa shape index (κ1) is 95.5. The van der Waals surface area contributed by atoms with E-state index >= 15 is 0 Å². The zero-order chi connectivity index (χ0) is 93.9. The number of benzene rings is 5. The Bertz CT molecular complexity index is 5270. The maximum absolute atomic E-state index is 13.8. The number of carbonyl (C=O) groups is 4. The van der Waals surface area contributed by atoms with Gasteiger partial charge in [0, 0.05) is 131 Å². The molecule has 4 amide bonds. The number of hydrogen-bond acceptors (Lipinski definition) is 24. The summed E-state index contributed by atoms with van der Waals surface area (Å²) >= 11 is 0. The molecule has 0 spiro atoms. The van der Waals surface area contributed by atoms with Gasteiger partial charge in [-0.1, -0.05) is 226 Å². The molecule has 12 heterocycles. The van der Waals surface area contributed by atoms with Gasteiger partial charge in [0.15, 0.2) is 11.2 Å². The van der Waals surface area contributed by atoms with Gasteiger partial charge in [-0.3, -0.25) is 29.2 Å². The monoisotopic (exact) mass is 1800 g/mol. The predicted molar refractivity (Wildman–Crippen MR) is 492 cm³/mol.